The van der Waals surface area contributed by atoms with Crippen molar-refractivity contribution in [3.05, 3.63) is 58.7 Å². The molecule has 2 radical (unpaired) electrons. The second-order valence-corrected chi connectivity index (χ2v) is 18.6. The summed E-state index contributed by atoms with van der Waals surface area (Å²) in [4.78, 5) is 5.50. The topological polar surface area (TPSA) is 6.48 Å². The van der Waals surface area contributed by atoms with E-state index in [1.165, 1.54) is 68.3 Å². The van der Waals surface area contributed by atoms with E-state index < -0.39 is 0 Å². The van der Waals surface area contributed by atoms with Crippen LogP contribution in [-0.4, -0.2) is 34.3 Å². The molecule has 0 bridgehead atoms. The van der Waals surface area contributed by atoms with Gasteiger partial charge in [0.25, 0.3) is 0 Å². The fourth-order valence-electron chi connectivity index (χ4n) is 9.63. The Morgan fingerprint density at radius 1 is 0.500 bits per heavy atom. The standard InChI is InChI=1S/C23H37N.C20H33N.Be/c1-17(2)19-11-10-12-20(18(3)4)21(19)24-16-23(15-22(24,5)6)13-8-7-9-14-23;1-14(2)16-10-9-11-17(15(3)4)18(16)21-13-19(5,6)12-20(21,7)8;/h10-12,17-18H,7-9,13-16H2,1-6H3;9-11,14-15H,12-13H2,1-8H3;. The van der Waals surface area contributed by atoms with E-state index >= 15 is 0 Å². The molecule has 2 aliphatic heterocycles. The van der Waals surface area contributed by atoms with Gasteiger partial charge in [-0.05, 0) is 110 Å². The van der Waals surface area contributed by atoms with Crippen LogP contribution in [-0.2, 0) is 0 Å². The number of rotatable bonds is 6. The minimum atomic E-state index is 0. The van der Waals surface area contributed by atoms with Crippen LogP contribution in [0.2, 0.25) is 0 Å². The molecule has 5 rings (SSSR count). The second kappa shape index (κ2) is 14.4. The Labute approximate surface area is 289 Å². The average Bonchev–Trinajstić information content (AvgIpc) is 3.33. The summed E-state index contributed by atoms with van der Waals surface area (Å²) >= 11 is 0. The van der Waals surface area contributed by atoms with Crippen molar-refractivity contribution >= 4 is 21.5 Å². The molecule has 2 saturated heterocycles. The van der Waals surface area contributed by atoms with Gasteiger partial charge in [-0.2, -0.15) is 0 Å². The first-order valence-electron chi connectivity index (χ1n) is 18.6. The maximum atomic E-state index is 2.81. The van der Waals surface area contributed by atoms with Crippen LogP contribution in [0.25, 0.3) is 0 Å². The van der Waals surface area contributed by atoms with Crippen LogP contribution in [0.4, 0.5) is 11.4 Å². The van der Waals surface area contributed by atoms with E-state index in [0.717, 1.165) is 6.54 Å². The van der Waals surface area contributed by atoms with Gasteiger partial charge in [-0.25, -0.2) is 0 Å². The molecule has 1 aliphatic carbocycles. The molecular weight excluding hydrogens is 553 g/mol. The molecule has 2 aromatic rings. The molecule has 254 valence electrons. The van der Waals surface area contributed by atoms with Crippen LogP contribution in [0.5, 0.6) is 0 Å². The van der Waals surface area contributed by atoms with Crippen LogP contribution < -0.4 is 9.80 Å². The minimum absolute atomic E-state index is 0. The first-order valence-corrected chi connectivity index (χ1v) is 18.6. The molecular formula is C43H70BeN2. The summed E-state index contributed by atoms with van der Waals surface area (Å²) in [5.41, 5.74) is 10.6. The van der Waals surface area contributed by atoms with Crippen LogP contribution in [0.3, 0.4) is 0 Å². The zero-order chi connectivity index (χ0) is 33.5. The summed E-state index contributed by atoms with van der Waals surface area (Å²) in [5.74, 6) is 2.30. The normalized spacial score (nSPS) is 21.3. The second-order valence-electron chi connectivity index (χ2n) is 18.6. The van der Waals surface area contributed by atoms with Gasteiger partial charge in [-0.1, -0.05) is 125 Å². The van der Waals surface area contributed by atoms with Gasteiger partial charge in [0, 0.05) is 45.7 Å². The van der Waals surface area contributed by atoms with Crippen molar-refractivity contribution in [2.24, 2.45) is 10.8 Å². The smallest absolute Gasteiger partial charge is 0.0441 e. The molecule has 0 N–H and O–H groups in total. The molecule has 2 aromatic carbocycles. The third-order valence-corrected chi connectivity index (χ3v) is 11.4. The Balaban J connectivity index is 0.000000247. The van der Waals surface area contributed by atoms with E-state index in [1.54, 1.807) is 16.8 Å². The monoisotopic (exact) mass is 624 g/mol. The third-order valence-electron chi connectivity index (χ3n) is 11.4. The van der Waals surface area contributed by atoms with Gasteiger partial charge < -0.3 is 9.80 Å². The maximum Gasteiger partial charge on any atom is 0.0441 e. The molecule has 0 amide bonds. The van der Waals surface area contributed by atoms with E-state index in [0.29, 0.717) is 34.5 Å². The van der Waals surface area contributed by atoms with Gasteiger partial charge in [-0.3, -0.25) is 0 Å². The van der Waals surface area contributed by atoms with Crippen LogP contribution in [0.15, 0.2) is 36.4 Å². The van der Waals surface area contributed by atoms with E-state index in [9.17, 15) is 0 Å². The summed E-state index contributed by atoms with van der Waals surface area (Å²) in [5, 5.41) is 0. The number of anilines is 2. The fourth-order valence-corrected chi connectivity index (χ4v) is 9.63. The van der Waals surface area contributed by atoms with Crippen molar-refractivity contribution in [2.45, 2.75) is 177 Å². The maximum absolute atomic E-state index is 2.81. The molecule has 0 atom stereocenters. The number of hydrogen-bond acceptors (Lipinski definition) is 2. The van der Waals surface area contributed by atoms with E-state index in [-0.39, 0.29) is 21.2 Å². The number of hydrogen-bond donors (Lipinski definition) is 0. The van der Waals surface area contributed by atoms with Gasteiger partial charge in [0.1, 0.15) is 0 Å². The Bertz CT molecular complexity index is 1240. The fraction of sp³-hybridized carbons (Fsp3) is 0.721. The molecule has 1 spiro atoms. The van der Waals surface area contributed by atoms with Gasteiger partial charge in [0.2, 0.25) is 0 Å². The summed E-state index contributed by atoms with van der Waals surface area (Å²) < 4.78 is 0. The molecule has 3 aliphatic rings. The molecule has 0 unspecified atom stereocenters. The van der Waals surface area contributed by atoms with E-state index in [1.807, 2.05) is 0 Å². The largest absolute Gasteiger partial charge is 0.365 e. The van der Waals surface area contributed by atoms with Crippen molar-refractivity contribution in [1.82, 2.24) is 0 Å². The number of nitrogens with zero attached hydrogens (tertiary/aromatic N) is 2. The molecule has 2 nitrogen and oxygen atoms in total. The van der Waals surface area contributed by atoms with Crippen molar-refractivity contribution in [3.63, 3.8) is 0 Å². The summed E-state index contributed by atoms with van der Waals surface area (Å²) in [6.45, 7) is 35.7. The molecule has 1 saturated carbocycles. The summed E-state index contributed by atoms with van der Waals surface area (Å²) in [6.07, 6.45) is 9.82. The van der Waals surface area contributed by atoms with Crippen molar-refractivity contribution in [2.75, 3.05) is 22.9 Å². The molecule has 3 heteroatoms. The number of benzene rings is 2. The molecule has 46 heavy (non-hydrogen) atoms. The van der Waals surface area contributed by atoms with Crippen molar-refractivity contribution in [1.29, 1.82) is 0 Å². The first-order chi connectivity index (χ1) is 20.8. The zero-order valence-corrected chi connectivity index (χ0v) is 32.7. The third kappa shape index (κ3) is 8.08. The Morgan fingerprint density at radius 2 is 0.848 bits per heavy atom. The van der Waals surface area contributed by atoms with Crippen molar-refractivity contribution < 1.29 is 0 Å². The van der Waals surface area contributed by atoms with E-state index in [2.05, 4.69) is 143 Å². The first kappa shape index (κ1) is 38.7. The summed E-state index contributed by atoms with van der Waals surface area (Å²) in [6, 6.07) is 13.9. The van der Waals surface area contributed by atoms with Gasteiger partial charge in [-0.15, -0.1) is 0 Å². The Kier molecular flexibility index (Phi) is 12.1. The average molecular weight is 624 g/mol. The Morgan fingerprint density at radius 3 is 1.17 bits per heavy atom. The Hall–Kier alpha value is -1.79. The predicted molar refractivity (Wildman–Crippen MR) is 206 cm³/mol. The van der Waals surface area contributed by atoms with Crippen LogP contribution in [0, 0.1) is 10.8 Å². The van der Waals surface area contributed by atoms with E-state index in [4.69, 9.17) is 0 Å². The quantitative estimate of drug-likeness (QED) is 0.295. The van der Waals surface area contributed by atoms with Gasteiger partial charge in [0.05, 0.1) is 0 Å². The zero-order valence-electron chi connectivity index (χ0n) is 32.7. The predicted octanol–water partition coefficient (Wildman–Crippen LogP) is 12.4. The minimum Gasteiger partial charge on any atom is -0.365 e. The van der Waals surface area contributed by atoms with Gasteiger partial charge in [0.15, 0.2) is 0 Å². The number of para-hydroxylation sites is 2. The molecule has 3 fully saturated rings. The van der Waals surface area contributed by atoms with Crippen molar-refractivity contribution in [3.8, 4) is 0 Å². The summed E-state index contributed by atoms with van der Waals surface area (Å²) in [7, 11) is 0. The molecule has 0 aromatic heterocycles. The SMILES string of the molecule is CC(C)c1cccc(C(C)C)c1N1CC(C)(C)CC1(C)C.CC(C)c1cccc(C(C)C)c1N1CC2(CCCCC2)CC1(C)C.[Be]. The van der Waals surface area contributed by atoms with Gasteiger partial charge >= 0.3 is 0 Å². The molecule has 2 heterocycles. The van der Waals surface area contributed by atoms with Crippen LogP contribution >= 0.6 is 0 Å². The van der Waals surface area contributed by atoms with Crippen LogP contribution in [0.1, 0.15) is 188 Å².